The first-order valence-corrected chi connectivity index (χ1v) is 8.02. The smallest absolute Gasteiger partial charge is 0.261 e. The average molecular weight is 377 g/mol. The van der Waals surface area contributed by atoms with Gasteiger partial charge in [0.2, 0.25) is 0 Å². The largest absolute Gasteiger partial charge is 0.449 e. The van der Waals surface area contributed by atoms with E-state index in [9.17, 15) is 4.79 Å². The molecule has 4 nitrogen and oxygen atoms in total. The van der Waals surface area contributed by atoms with Crippen molar-refractivity contribution >= 4 is 39.7 Å². The monoisotopic (exact) mass is 376 g/mol. The predicted octanol–water partition coefficient (Wildman–Crippen LogP) is 4.15. The highest BCUT2D eigenvalue weighted by molar-refractivity contribution is 9.10. The minimum absolute atomic E-state index is 0.00404. The third kappa shape index (κ3) is 4.03. The Labute approximate surface area is 141 Å². The fourth-order valence-corrected chi connectivity index (χ4v) is 2.98. The van der Waals surface area contributed by atoms with Crippen molar-refractivity contribution in [3.63, 3.8) is 0 Å². The molecule has 0 aliphatic heterocycles. The topological polar surface area (TPSA) is 66.0 Å². The standard InChI is InChI=1S/C16H13BrN2O2S/c1-10-3-5-13(6-4-10)22-16-14(17)8-12(21-16)7-11(9-18)15(20)19-2/h3-8H,1-2H3,(H,19,20). The van der Waals surface area contributed by atoms with Crippen LogP contribution < -0.4 is 5.32 Å². The van der Waals surface area contributed by atoms with Crippen LogP contribution >= 0.6 is 27.7 Å². The van der Waals surface area contributed by atoms with Gasteiger partial charge in [0.1, 0.15) is 17.4 Å². The van der Waals surface area contributed by atoms with E-state index in [-0.39, 0.29) is 5.57 Å². The molecule has 1 N–H and O–H groups in total. The van der Waals surface area contributed by atoms with Crippen LogP contribution in [0.2, 0.25) is 0 Å². The van der Waals surface area contributed by atoms with E-state index in [1.165, 1.54) is 30.4 Å². The molecule has 0 radical (unpaired) electrons. The summed E-state index contributed by atoms with van der Waals surface area (Å²) in [5.41, 5.74) is 1.19. The van der Waals surface area contributed by atoms with Gasteiger partial charge in [-0.05, 0) is 41.1 Å². The second kappa shape index (κ2) is 7.34. The molecule has 1 amide bonds. The lowest BCUT2D eigenvalue weighted by Gasteiger charge is -1.99. The van der Waals surface area contributed by atoms with Crippen LogP contribution in [0, 0.1) is 18.3 Å². The summed E-state index contributed by atoms with van der Waals surface area (Å²) in [4.78, 5) is 12.5. The van der Waals surface area contributed by atoms with Crippen molar-refractivity contribution in [3.8, 4) is 6.07 Å². The van der Waals surface area contributed by atoms with E-state index < -0.39 is 5.91 Å². The Morgan fingerprint density at radius 3 is 2.68 bits per heavy atom. The zero-order valence-electron chi connectivity index (χ0n) is 12.0. The lowest BCUT2D eigenvalue weighted by Crippen LogP contribution is -2.18. The number of furan rings is 1. The molecule has 0 unspecified atom stereocenters. The summed E-state index contributed by atoms with van der Waals surface area (Å²) in [6, 6.07) is 11.7. The van der Waals surface area contributed by atoms with Gasteiger partial charge in [-0.2, -0.15) is 5.26 Å². The molecule has 1 heterocycles. The van der Waals surface area contributed by atoms with Gasteiger partial charge in [-0.15, -0.1) is 0 Å². The molecule has 2 aromatic rings. The Morgan fingerprint density at radius 2 is 2.09 bits per heavy atom. The van der Waals surface area contributed by atoms with Crippen molar-refractivity contribution in [2.45, 2.75) is 16.9 Å². The maximum Gasteiger partial charge on any atom is 0.261 e. The predicted molar refractivity (Wildman–Crippen MR) is 89.4 cm³/mol. The van der Waals surface area contributed by atoms with E-state index in [1.807, 2.05) is 37.3 Å². The van der Waals surface area contributed by atoms with Gasteiger partial charge in [0.25, 0.3) is 5.91 Å². The molecule has 22 heavy (non-hydrogen) atoms. The number of nitrogens with zero attached hydrogens (tertiary/aromatic N) is 1. The molecule has 0 spiro atoms. The molecule has 0 aliphatic rings. The average Bonchev–Trinajstić information content (AvgIpc) is 2.86. The van der Waals surface area contributed by atoms with E-state index in [2.05, 4.69) is 21.2 Å². The number of halogens is 1. The number of hydrogen-bond acceptors (Lipinski definition) is 4. The molecular formula is C16H13BrN2O2S. The van der Waals surface area contributed by atoms with Crippen LogP contribution in [0.3, 0.4) is 0 Å². The summed E-state index contributed by atoms with van der Waals surface area (Å²) < 4.78 is 6.46. The van der Waals surface area contributed by atoms with E-state index in [1.54, 1.807) is 6.07 Å². The Bertz CT molecular complexity index is 757. The van der Waals surface area contributed by atoms with E-state index in [0.717, 1.165) is 9.37 Å². The third-order valence-electron chi connectivity index (χ3n) is 2.78. The van der Waals surface area contributed by atoms with E-state index in [0.29, 0.717) is 10.9 Å². The molecule has 112 valence electrons. The lowest BCUT2D eigenvalue weighted by atomic mass is 10.2. The number of hydrogen-bond donors (Lipinski definition) is 1. The Hall–Kier alpha value is -1.97. The molecule has 0 saturated carbocycles. The van der Waals surface area contributed by atoms with Crippen molar-refractivity contribution in [2.24, 2.45) is 0 Å². The second-order valence-electron chi connectivity index (χ2n) is 4.45. The zero-order valence-corrected chi connectivity index (χ0v) is 14.4. The normalized spacial score (nSPS) is 11.1. The number of likely N-dealkylation sites (N-methyl/N-ethyl adjacent to an activating group) is 1. The third-order valence-corrected chi connectivity index (χ3v) is 4.63. The Kier molecular flexibility index (Phi) is 5.47. The van der Waals surface area contributed by atoms with E-state index >= 15 is 0 Å². The number of nitriles is 1. The van der Waals surface area contributed by atoms with Gasteiger partial charge in [-0.3, -0.25) is 4.79 Å². The number of nitrogens with one attached hydrogen (secondary N) is 1. The van der Waals surface area contributed by atoms with Gasteiger partial charge >= 0.3 is 0 Å². The Balaban J connectivity index is 2.24. The van der Waals surface area contributed by atoms with Gasteiger partial charge in [-0.1, -0.05) is 29.5 Å². The second-order valence-corrected chi connectivity index (χ2v) is 6.35. The SMILES string of the molecule is CNC(=O)C(C#N)=Cc1cc(Br)c(Sc2ccc(C)cc2)o1. The molecule has 1 aromatic heterocycles. The molecule has 2 rings (SSSR count). The summed E-state index contributed by atoms with van der Waals surface area (Å²) in [6.45, 7) is 2.03. The van der Waals surface area contributed by atoms with Crippen molar-refractivity contribution in [1.29, 1.82) is 5.26 Å². The molecule has 0 bridgehead atoms. The first-order chi connectivity index (χ1) is 10.5. The number of benzene rings is 1. The van der Waals surface area contributed by atoms with Crippen LogP contribution in [0.25, 0.3) is 6.08 Å². The number of carbonyl (C=O) groups is 1. The number of amides is 1. The Morgan fingerprint density at radius 1 is 1.41 bits per heavy atom. The molecule has 0 atom stereocenters. The molecule has 1 aromatic carbocycles. The summed E-state index contributed by atoms with van der Waals surface area (Å²) in [5, 5.41) is 12.1. The quantitative estimate of drug-likeness (QED) is 0.642. The minimum atomic E-state index is -0.442. The minimum Gasteiger partial charge on any atom is -0.449 e. The van der Waals surface area contributed by atoms with Crippen molar-refractivity contribution in [3.05, 3.63) is 51.7 Å². The maximum absolute atomic E-state index is 11.5. The first-order valence-electron chi connectivity index (χ1n) is 6.41. The van der Waals surface area contributed by atoms with Gasteiger partial charge in [0.15, 0.2) is 5.09 Å². The number of aryl methyl sites for hydroxylation is 1. The van der Waals surface area contributed by atoms with Crippen LogP contribution in [0.4, 0.5) is 0 Å². The molecular weight excluding hydrogens is 364 g/mol. The summed E-state index contributed by atoms with van der Waals surface area (Å²) in [5.74, 6) is 0.00407. The highest BCUT2D eigenvalue weighted by Gasteiger charge is 2.12. The van der Waals surface area contributed by atoms with Crippen LogP contribution in [-0.2, 0) is 4.79 Å². The summed E-state index contributed by atoms with van der Waals surface area (Å²) in [7, 11) is 1.48. The molecule has 0 fully saturated rings. The van der Waals surface area contributed by atoms with Gasteiger partial charge in [-0.25, -0.2) is 0 Å². The van der Waals surface area contributed by atoms with Crippen molar-refractivity contribution < 1.29 is 9.21 Å². The van der Waals surface area contributed by atoms with Crippen LogP contribution in [0.1, 0.15) is 11.3 Å². The van der Waals surface area contributed by atoms with Crippen molar-refractivity contribution in [2.75, 3.05) is 7.05 Å². The van der Waals surface area contributed by atoms with Crippen LogP contribution in [-0.4, -0.2) is 13.0 Å². The number of carbonyl (C=O) groups excluding carboxylic acids is 1. The van der Waals surface area contributed by atoms with Crippen molar-refractivity contribution in [1.82, 2.24) is 5.32 Å². The molecule has 6 heteroatoms. The zero-order chi connectivity index (χ0) is 16.1. The number of rotatable bonds is 4. The summed E-state index contributed by atoms with van der Waals surface area (Å²) >= 11 is 4.89. The van der Waals surface area contributed by atoms with Gasteiger partial charge in [0, 0.05) is 18.0 Å². The summed E-state index contributed by atoms with van der Waals surface area (Å²) in [6.07, 6.45) is 1.42. The molecule has 0 saturated heterocycles. The maximum atomic E-state index is 11.5. The fourth-order valence-electron chi connectivity index (χ4n) is 1.65. The van der Waals surface area contributed by atoms with Gasteiger partial charge in [0.05, 0.1) is 4.47 Å². The van der Waals surface area contributed by atoms with Gasteiger partial charge < -0.3 is 9.73 Å². The van der Waals surface area contributed by atoms with E-state index in [4.69, 9.17) is 9.68 Å². The lowest BCUT2D eigenvalue weighted by molar-refractivity contribution is -0.116. The highest BCUT2D eigenvalue weighted by atomic mass is 79.9. The highest BCUT2D eigenvalue weighted by Crippen LogP contribution is 2.36. The fraction of sp³-hybridized carbons (Fsp3) is 0.125. The first kappa shape index (κ1) is 16.4. The molecule has 0 aliphatic carbocycles. The van der Waals surface area contributed by atoms with Crippen LogP contribution in [0.5, 0.6) is 0 Å². The van der Waals surface area contributed by atoms with Crippen LogP contribution in [0.15, 0.2) is 54.8 Å².